The van der Waals surface area contributed by atoms with Crippen molar-refractivity contribution in [1.29, 1.82) is 0 Å². The van der Waals surface area contributed by atoms with E-state index in [2.05, 4.69) is 5.32 Å². The van der Waals surface area contributed by atoms with Crippen molar-refractivity contribution in [1.82, 2.24) is 0 Å². The topological polar surface area (TPSA) is 66.4 Å². The fourth-order valence-electron chi connectivity index (χ4n) is 1.84. The van der Waals surface area contributed by atoms with Crippen LogP contribution in [0.3, 0.4) is 0 Å². The molecule has 0 fully saturated rings. The molecule has 0 radical (unpaired) electrons. The van der Waals surface area contributed by atoms with Crippen LogP contribution in [0.1, 0.15) is 23.2 Å². The third-order valence-corrected chi connectivity index (χ3v) is 2.85. The molecular weight excluding hydrogens is 237 g/mol. The summed E-state index contributed by atoms with van der Waals surface area (Å²) in [5.74, 6) is -2.48. The largest absolute Gasteiger partial charge is 0.478 e. The average Bonchev–Trinajstić information content (AvgIpc) is 2.81. The van der Waals surface area contributed by atoms with E-state index in [9.17, 15) is 14.0 Å². The molecule has 0 bridgehead atoms. The van der Waals surface area contributed by atoms with E-state index in [-0.39, 0.29) is 17.5 Å². The van der Waals surface area contributed by atoms with E-state index in [0.29, 0.717) is 12.8 Å². The molecule has 1 aliphatic rings. The number of aromatic carboxylic acids is 1. The maximum atomic E-state index is 13.4. The van der Waals surface area contributed by atoms with Crippen molar-refractivity contribution in [3.8, 4) is 0 Å². The Morgan fingerprint density at radius 3 is 2.50 bits per heavy atom. The molecule has 1 aliphatic carbocycles. The van der Waals surface area contributed by atoms with Crippen molar-refractivity contribution >= 4 is 17.6 Å². The molecular formula is C13H12FNO3. The van der Waals surface area contributed by atoms with Crippen molar-refractivity contribution in [3.63, 3.8) is 0 Å². The summed E-state index contributed by atoms with van der Waals surface area (Å²) in [5.41, 5.74) is -0.134. The zero-order chi connectivity index (χ0) is 13.1. The molecule has 0 unspecified atom stereocenters. The number of hydrogen-bond donors (Lipinski definition) is 2. The summed E-state index contributed by atoms with van der Waals surface area (Å²) in [6.45, 7) is 0. The molecule has 0 aromatic heterocycles. The highest BCUT2D eigenvalue weighted by molar-refractivity contribution is 5.94. The molecule has 1 amide bonds. The van der Waals surface area contributed by atoms with Crippen LogP contribution < -0.4 is 5.32 Å². The number of halogens is 1. The Kier molecular flexibility index (Phi) is 3.41. The molecule has 0 saturated heterocycles. The van der Waals surface area contributed by atoms with Crippen molar-refractivity contribution < 1.29 is 19.1 Å². The predicted molar refractivity (Wildman–Crippen MR) is 63.9 cm³/mol. The van der Waals surface area contributed by atoms with Crippen LogP contribution in [0.4, 0.5) is 10.1 Å². The number of benzene rings is 1. The number of carboxylic acids is 1. The Balaban J connectivity index is 2.08. The van der Waals surface area contributed by atoms with Gasteiger partial charge in [0.25, 0.3) is 0 Å². The van der Waals surface area contributed by atoms with Gasteiger partial charge in [-0.3, -0.25) is 4.79 Å². The lowest BCUT2D eigenvalue weighted by Crippen LogP contribution is -2.20. The fourth-order valence-corrected chi connectivity index (χ4v) is 1.84. The van der Waals surface area contributed by atoms with Gasteiger partial charge in [-0.05, 0) is 31.0 Å². The second kappa shape index (κ2) is 5.00. The van der Waals surface area contributed by atoms with Crippen molar-refractivity contribution in [2.45, 2.75) is 12.8 Å². The van der Waals surface area contributed by atoms with E-state index in [1.807, 2.05) is 12.2 Å². The Morgan fingerprint density at radius 1 is 1.28 bits per heavy atom. The minimum absolute atomic E-state index is 0.118. The highest BCUT2D eigenvalue weighted by Gasteiger charge is 2.19. The zero-order valence-electron chi connectivity index (χ0n) is 9.52. The lowest BCUT2D eigenvalue weighted by Gasteiger charge is -2.10. The minimum Gasteiger partial charge on any atom is -0.478 e. The summed E-state index contributed by atoms with van der Waals surface area (Å²) >= 11 is 0. The molecule has 5 heteroatoms. The van der Waals surface area contributed by atoms with Gasteiger partial charge in [0.15, 0.2) is 0 Å². The van der Waals surface area contributed by atoms with E-state index in [0.717, 1.165) is 12.1 Å². The summed E-state index contributed by atoms with van der Waals surface area (Å²) in [6.07, 6.45) is 5.22. The van der Waals surface area contributed by atoms with Crippen LogP contribution in [0.25, 0.3) is 0 Å². The number of nitrogens with one attached hydrogen (secondary N) is 1. The number of hydrogen-bond acceptors (Lipinski definition) is 2. The van der Waals surface area contributed by atoms with Crippen LogP contribution in [-0.4, -0.2) is 17.0 Å². The first-order chi connectivity index (χ1) is 8.58. The molecule has 18 heavy (non-hydrogen) atoms. The van der Waals surface area contributed by atoms with Gasteiger partial charge in [0, 0.05) is 11.6 Å². The first-order valence-electron chi connectivity index (χ1n) is 5.56. The van der Waals surface area contributed by atoms with Crippen molar-refractivity contribution in [2.75, 3.05) is 5.32 Å². The SMILES string of the molecule is O=C(O)c1ccc(NC(=O)C2CC=CC2)cc1F. The van der Waals surface area contributed by atoms with Gasteiger partial charge in [0.05, 0.1) is 5.56 Å². The second-order valence-corrected chi connectivity index (χ2v) is 4.13. The maximum absolute atomic E-state index is 13.4. The highest BCUT2D eigenvalue weighted by Crippen LogP contribution is 2.21. The van der Waals surface area contributed by atoms with Gasteiger partial charge in [-0.2, -0.15) is 0 Å². The van der Waals surface area contributed by atoms with Crippen LogP contribution in [-0.2, 0) is 4.79 Å². The van der Waals surface area contributed by atoms with Crippen molar-refractivity contribution in [3.05, 3.63) is 41.7 Å². The van der Waals surface area contributed by atoms with Gasteiger partial charge < -0.3 is 10.4 Å². The standard InChI is InChI=1S/C13H12FNO3/c14-11-7-9(5-6-10(11)13(17)18)15-12(16)8-3-1-2-4-8/h1-2,5-8H,3-4H2,(H,15,16)(H,17,18). The molecule has 0 atom stereocenters. The van der Waals surface area contributed by atoms with Gasteiger partial charge in [0.1, 0.15) is 5.82 Å². The number of rotatable bonds is 3. The Hall–Kier alpha value is -2.17. The van der Waals surface area contributed by atoms with Gasteiger partial charge in [-0.25, -0.2) is 9.18 Å². The van der Waals surface area contributed by atoms with E-state index in [1.54, 1.807) is 0 Å². The molecule has 0 spiro atoms. The Morgan fingerprint density at radius 2 is 1.94 bits per heavy atom. The number of amides is 1. The third-order valence-electron chi connectivity index (χ3n) is 2.85. The average molecular weight is 249 g/mol. The van der Waals surface area contributed by atoms with Crippen LogP contribution in [0.15, 0.2) is 30.4 Å². The van der Waals surface area contributed by atoms with E-state index in [1.165, 1.54) is 6.07 Å². The van der Waals surface area contributed by atoms with E-state index < -0.39 is 17.3 Å². The summed E-state index contributed by atoms with van der Waals surface area (Å²) in [6, 6.07) is 3.54. The summed E-state index contributed by atoms with van der Waals surface area (Å²) in [4.78, 5) is 22.4. The third kappa shape index (κ3) is 2.56. The number of carbonyl (C=O) groups excluding carboxylic acids is 1. The molecule has 0 saturated carbocycles. The van der Waals surface area contributed by atoms with Crippen molar-refractivity contribution in [2.24, 2.45) is 5.92 Å². The van der Waals surface area contributed by atoms with Gasteiger partial charge >= 0.3 is 5.97 Å². The molecule has 2 N–H and O–H groups in total. The van der Waals surface area contributed by atoms with Gasteiger partial charge in [-0.15, -0.1) is 0 Å². The summed E-state index contributed by atoms with van der Waals surface area (Å²) in [7, 11) is 0. The molecule has 2 rings (SSSR count). The molecule has 1 aromatic carbocycles. The summed E-state index contributed by atoms with van der Waals surface area (Å²) in [5, 5.41) is 11.3. The van der Waals surface area contributed by atoms with E-state index in [4.69, 9.17) is 5.11 Å². The molecule has 0 aliphatic heterocycles. The minimum atomic E-state index is -1.33. The van der Waals surface area contributed by atoms with Crippen LogP contribution in [0.2, 0.25) is 0 Å². The Bertz CT molecular complexity index is 517. The van der Waals surface area contributed by atoms with E-state index >= 15 is 0 Å². The van der Waals surface area contributed by atoms with Crippen LogP contribution >= 0.6 is 0 Å². The highest BCUT2D eigenvalue weighted by atomic mass is 19.1. The van der Waals surface area contributed by atoms with Gasteiger partial charge in [-0.1, -0.05) is 12.2 Å². The first kappa shape index (κ1) is 12.3. The smallest absolute Gasteiger partial charge is 0.338 e. The predicted octanol–water partition coefficient (Wildman–Crippen LogP) is 2.43. The second-order valence-electron chi connectivity index (χ2n) is 4.13. The number of anilines is 1. The normalized spacial score (nSPS) is 14.7. The number of carbonyl (C=O) groups is 2. The zero-order valence-corrected chi connectivity index (χ0v) is 9.52. The maximum Gasteiger partial charge on any atom is 0.338 e. The molecule has 94 valence electrons. The van der Waals surface area contributed by atoms with Crippen LogP contribution in [0, 0.1) is 11.7 Å². The summed E-state index contributed by atoms with van der Waals surface area (Å²) < 4.78 is 13.4. The van der Waals surface area contributed by atoms with Gasteiger partial charge in [0.2, 0.25) is 5.91 Å². The quantitative estimate of drug-likeness (QED) is 0.808. The lowest BCUT2D eigenvalue weighted by atomic mass is 10.1. The molecule has 0 heterocycles. The Labute approximate surface area is 103 Å². The fraction of sp³-hybridized carbons (Fsp3) is 0.231. The lowest BCUT2D eigenvalue weighted by molar-refractivity contribution is -0.119. The molecule has 1 aromatic rings. The van der Waals surface area contributed by atoms with Crippen LogP contribution in [0.5, 0.6) is 0 Å². The molecule has 4 nitrogen and oxygen atoms in total. The monoisotopic (exact) mass is 249 g/mol. The number of carboxylic acid groups (broad SMARTS) is 1. The number of allylic oxidation sites excluding steroid dienone is 2. The first-order valence-corrected chi connectivity index (χ1v) is 5.56.